The van der Waals surface area contributed by atoms with Crippen molar-refractivity contribution >= 4 is 17.5 Å². The van der Waals surface area contributed by atoms with Crippen molar-refractivity contribution in [2.75, 3.05) is 19.8 Å². The maximum Gasteiger partial charge on any atom is 0.241 e. The quantitative estimate of drug-likeness (QED) is 0.856. The number of hydrogen-bond acceptors (Lipinski definition) is 4. The van der Waals surface area contributed by atoms with Gasteiger partial charge >= 0.3 is 0 Å². The lowest BCUT2D eigenvalue weighted by atomic mass is 10.0. The molecule has 0 aromatic heterocycles. The predicted molar refractivity (Wildman–Crippen MR) is 92.5 cm³/mol. The molecule has 2 N–H and O–H groups in total. The Kier molecular flexibility index (Phi) is 4.77. The summed E-state index contributed by atoms with van der Waals surface area (Å²) in [6, 6.07) is 8.21. The second-order valence-corrected chi connectivity index (χ2v) is 7.57. The average molecular weight is 350 g/mol. The third-order valence-corrected chi connectivity index (χ3v) is 5.44. The van der Waals surface area contributed by atoms with Crippen molar-refractivity contribution in [1.82, 2.24) is 15.8 Å². The van der Waals surface area contributed by atoms with Crippen LogP contribution in [0.5, 0.6) is 0 Å². The molecule has 1 aromatic rings. The van der Waals surface area contributed by atoms with Crippen molar-refractivity contribution < 1.29 is 9.53 Å². The molecule has 5 nitrogen and oxygen atoms in total. The zero-order chi connectivity index (χ0) is 16.5. The van der Waals surface area contributed by atoms with E-state index in [1.807, 2.05) is 24.3 Å². The summed E-state index contributed by atoms with van der Waals surface area (Å²) in [5.74, 6) is 0.717. The number of amides is 1. The molecule has 1 aliphatic carbocycles. The minimum atomic E-state index is -0.170. The van der Waals surface area contributed by atoms with Gasteiger partial charge in [-0.25, -0.2) is 10.9 Å². The fourth-order valence-corrected chi connectivity index (χ4v) is 3.87. The Balaban J connectivity index is 1.40. The monoisotopic (exact) mass is 349 g/mol. The van der Waals surface area contributed by atoms with Gasteiger partial charge in [0.05, 0.1) is 6.61 Å². The van der Waals surface area contributed by atoms with Crippen LogP contribution in [0.15, 0.2) is 24.3 Å². The van der Waals surface area contributed by atoms with E-state index < -0.39 is 0 Å². The number of halogens is 1. The highest BCUT2D eigenvalue weighted by molar-refractivity contribution is 6.30. The lowest BCUT2D eigenvalue weighted by Crippen LogP contribution is -2.48. The van der Waals surface area contributed by atoms with Crippen LogP contribution in [-0.2, 0) is 9.53 Å². The Hall–Kier alpha value is -1.14. The minimum Gasteiger partial charge on any atom is -0.381 e. The third kappa shape index (κ3) is 3.59. The number of carbonyl (C=O) groups is 1. The van der Waals surface area contributed by atoms with Crippen molar-refractivity contribution in [3.05, 3.63) is 34.9 Å². The number of ether oxygens (including phenoxy) is 1. The van der Waals surface area contributed by atoms with Crippen LogP contribution in [0.1, 0.15) is 37.3 Å². The molecule has 3 unspecified atom stereocenters. The fraction of sp³-hybridized carbons (Fsp3) is 0.611. The van der Waals surface area contributed by atoms with Crippen molar-refractivity contribution in [1.29, 1.82) is 0 Å². The van der Waals surface area contributed by atoms with Gasteiger partial charge in [0.25, 0.3) is 0 Å². The zero-order valence-electron chi connectivity index (χ0n) is 13.7. The van der Waals surface area contributed by atoms with Crippen molar-refractivity contribution in [3.8, 4) is 0 Å². The average Bonchev–Trinajstić information content (AvgIpc) is 3.10. The summed E-state index contributed by atoms with van der Waals surface area (Å²) < 4.78 is 5.47. The lowest BCUT2D eigenvalue weighted by molar-refractivity contribution is -0.134. The van der Waals surface area contributed by atoms with Gasteiger partial charge in [-0.15, -0.1) is 0 Å². The first-order valence-corrected chi connectivity index (χ1v) is 9.23. The standard InChI is InChI=1S/C18H24ClN3O2/c19-14-3-1-2-13(8-14)16-9-17(21-20-16)18(23)22(15-4-5-15)10-12-6-7-24-11-12/h1-3,8,12,15-17,20-21H,4-7,9-11H2. The van der Waals surface area contributed by atoms with Gasteiger partial charge in [0.15, 0.2) is 0 Å². The summed E-state index contributed by atoms with van der Waals surface area (Å²) in [7, 11) is 0. The van der Waals surface area contributed by atoms with Crippen LogP contribution >= 0.6 is 11.6 Å². The number of benzene rings is 1. The Morgan fingerprint density at radius 2 is 2.17 bits per heavy atom. The molecule has 4 rings (SSSR count). The first-order valence-electron chi connectivity index (χ1n) is 8.85. The van der Waals surface area contributed by atoms with Crippen molar-refractivity contribution in [2.45, 2.75) is 43.8 Å². The number of nitrogens with one attached hydrogen (secondary N) is 2. The topological polar surface area (TPSA) is 53.6 Å². The van der Waals surface area contributed by atoms with Gasteiger partial charge in [-0.3, -0.25) is 4.79 Å². The van der Waals surface area contributed by atoms with Crippen LogP contribution in [0.3, 0.4) is 0 Å². The van der Waals surface area contributed by atoms with Gasteiger partial charge in [0.2, 0.25) is 5.91 Å². The molecular formula is C18H24ClN3O2. The number of hydrogen-bond donors (Lipinski definition) is 2. The van der Waals surface area contributed by atoms with Crippen LogP contribution in [-0.4, -0.2) is 42.6 Å². The molecule has 2 saturated heterocycles. The number of hydrazine groups is 1. The summed E-state index contributed by atoms with van der Waals surface area (Å²) in [5.41, 5.74) is 7.57. The largest absolute Gasteiger partial charge is 0.381 e. The number of nitrogens with zero attached hydrogens (tertiary/aromatic N) is 1. The zero-order valence-corrected chi connectivity index (χ0v) is 14.5. The molecular weight excluding hydrogens is 326 g/mol. The van der Waals surface area contributed by atoms with E-state index in [4.69, 9.17) is 16.3 Å². The van der Waals surface area contributed by atoms with E-state index in [1.54, 1.807) is 0 Å². The summed E-state index contributed by atoms with van der Waals surface area (Å²) in [4.78, 5) is 15.1. The van der Waals surface area contributed by atoms with Crippen LogP contribution < -0.4 is 10.9 Å². The van der Waals surface area contributed by atoms with Gasteiger partial charge < -0.3 is 9.64 Å². The smallest absolute Gasteiger partial charge is 0.241 e. The Labute approximate surface area is 147 Å². The Bertz CT molecular complexity index is 602. The maximum atomic E-state index is 13.0. The molecule has 1 saturated carbocycles. The van der Waals surface area contributed by atoms with E-state index in [2.05, 4.69) is 15.8 Å². The molecule has 1 aromatic carbocycles. The summed E-state index contributed by atoms with van der Waals surface area (Å²) in [6.07, 6.45) is 4.09. The Morgan fingerprint density at radius 1 is 1.29 bits per heavy atom. The van der Waals surface area contributed by atoms with Gasteiger partial charge in [0.1, 0.15) is 6.04 Å². The molecule has 1 amide bonds. The van der Waals surface area contributed by atoms with Gasteiger partial charge in [-0.1, -0.05) is 23.7 Å². The number of rotatable bonds is 5. The lowest BCUT2D eigenvalue weighted by Gasteiger charge is -2.27. The highest BCUT2D eigenvalue weighted by Gasteiger charge is 2.40. The van der Waals surface area contributed by atoms with Crippen LogP contribution in [0.25, 0.3) is 0 Å². The molecule has 2 aliphatic heterocycles. The number of carbonyl (C=O) groups excluding carboxylic acids is 1. The predicted octanol–water partition coefficient (Wildman–Crippen LogP) is 2.28. The van der Waals surface area contributed by atoms with Crippen molar-refractivity contribution in [2.24, 2.45) is 5.92 Å². The first kappa shape index (κ1) is 16.3. The molecule has 2 heterocycles. The second kappa shape index (κ2) is 7.00. The van der Waals surface area contributed by atoms with Gasteiger partial charge in [-0.2, -0.15) is 0 Å². The van der Waals surface area contributed by atoms with E-state index in [9.17, 15) is 4.79 Å². The van der Waals surface area contributed by atoms with Crippen molar-refractivity contribution in [3.63, 3.8) is 0 Å². The van der Waals surface area contributed by atoms with Gasteiger partial charge in [0, 0.05) is 36.2 Å². The Morgan fingerprint density at radius 3 is 2.88 bits per heavy atom. The van der Waals surface area contributed by atoms with E-state index in [0.717, 1.165) is 56.0 Å². The summed E-state index contributed by atoms with van der Waals surface area (Å²) in [5, 5.41) is 0.727. The molecule has 3 atom stereocenters. The summed E-state index contributed by atoms with van der Waals surface area (Å²) >= 11 is 6.08. The van der Waals surface area contributed by atoms with Gasteiger partial charge in [-0.05, 0) is 43.4 Å². The molecule has 6 heteroatoms. The van der Waals surface area contributed by atoms with E-state index in [1.165, 1.54) is 0 Å². The summed E-state index contributed by atoms with van der Waals surface area (Å²) in [6.45, 7) is 2.46. The maximum absolute atomic E-state index is 13.0. The molecule has 130 valence electrons. The highest BCUT2D eigenvalue weighted by atomic mass is 35.5. The SMILES string of the molecule is O=C(C1CC(c2cccc(Cl)c2)NN1)N(CC1CCOC1)C1CC1. The second-order valence-electron chi connectivity index (χ2n) is 7.14. The van der Waals surface area contributed by atoms with E-state index in [0.29, 0.717) is 12.0 Å². The first-order chi connectivity index (χ1) is 11.7. The van der Waals surface area contributed by atoms with Crippen LogP contribution in [0.4, 0.5) is 0 Å². The van der Waals surface area contributed by atoms with E-state index in [-0.39, 0.29) is 18.0 Å². The molecule has 3 fully saturated rings. The van der Waals surface area contributed by atoms with Crippen LogP contribution in [0, 0.1) is 5.92 Å². The minimum absolute atomic E-state index is 0.119. The third-order valence-electron chi connectivity index (χ3n) is 5.20. The van der Waals surface area contributed by atoms with E-state index >= 15 is 0 Å². The van der Waals surface area contributed by atoms with Crippen LogP contribution in [0.2, 0.25) is 5.02 Å². The normalized spacial score (nSPS) is 29.8. The molecule has 3 aliphatic rings. The molecule has 0 radical (unpaired) electrons. The highest BCUT2D eigenvalue weighted by Crippen LogP contribution is 2.32. The molecule has 0 bridgehead atoms. The molecule has 0 spiro atoms. The molecule has 24 heavy (non-hydrogen) atoms. The fourth-order valence-electron chi connectivity index (χ4n) is 3.67.